The molecule has 2 fully saturated rings. The van der Waals surface area contributed by atoms with Crippen molar-refractivity contribution in [1.82, 2.24) is 20.4 Å². The number of hydrogen-bond acceptors (Lipinski definition) is 6. The lowest BCUT2D eigenvalue weighted by molar-refractivity contribution is -0.126. The summed E-state index contributed by atoms with van der Waals surface area (Å²) in [5.74, 6) is 0.499. The number of hydrogen-bond donors (Lipinski definition) is 3. The van der Waals surface area contributed by atoms with Crippen LogP contribution < -0.4 is 16.0 Å². The number of piperidine rings is 2. The van der Waals surface area contributed by atoms with Crippen LogP contribution in [0.25, 0.3) is 11.1 Å². The van der Waals surface area contributed by atoms with Gasteiger partial charge in [0.15, 0.2) is 0 Å². The molecule has 3 N–H and O–H groups in total. The maximum absolute atomic E-state index is 12.7. The average Bonchev–Trinajstić information content (AvgIpc) is 3.05. The third-order valence-electron chi connectivity index (χ3n) is 8.69. The lowest BCUT2D eigenvalue weighted by atomic mass is 9.95. The van der Waals surface area contributed by atoms with Gasteiger partial charge in [-0.2, -0.15) is 0 Å². The molecule has 0 aromatic heterocycles. The molecule has 2 aliphatic heterocycles. The quantitative estimate of drug-likeness (QED) is 0.239. The van der Waals surface area contributed by atoms with Gasteiger partial charge in [0.25, 0.3) is 0 Å². The van der Waals surface area contributed by atoms with E-state index in [4.69, 9.17) is 4.74 Å². The molecule has 2 saturated heterocycles. The van der Waals surface area contributed by atoms with Gasteiger partial charge in [0.2, 0.25) is 11.8 Å². The number of nitrogens with zero attached hydrogens (tertiary/aromatic N) is 2. The number of likely N-dealkylation sites (tertiary alicyclic amines) is 2. The van der Waals surface area contributed by atoms with Gasteiger partial charge in [0, 0.05) is 50.6 Å². The molecule has 2 aromatic rings. The number of nitrogens with one attached hydrogen (secondary N) is 3. The van der Waals surface area contributed by atoms with E-state index in [1.165, 1.54) is 0 Å². The second-order valence-corrected chi connectivity index (χ2v) is 12.1. The van der Waals surface area contributed by atoms with E-state index < -0.39 is 6.09 Å². The van der Waals surface area contributed by atoms with Crippen LogP contribution in [0.4, 0.5) is 10.5 Å². The zero-order valence-electron chi connectivity index (χ0n) is 26.4. The Labute approximate surface area is 263 Å². The monoisotopic (exact) mass is 605 g/mol. The number of carbonyl (C=O) groups excluding carboxylic acids is 3. The van der Waals surface area contributed by atoms with Crippen LogP contribution >= 0.6 is 0 Å². The Bertz CT molecular complexity index is 1160. The summed E-state index contributed by atoms with van der Waals surface area (Å²) in [4.78, 5) is 41.9. The van der Waals surface area contributed by atoms with Gasteiger partial charge in [-0.3, -0.25) is 14.9 Å². The molecule has 2 heterocycles. The Kier molecular flexibility index (Phi) is 14.0. The van der Waals surface area contributed by atoms with Crippen molar-refractivity contribution < 1.29 is 19.1 Å². The van der Waals surface area contributed by atoms with Gasteiger partial charge in [-0.15, -0.1) is 0 Å². The summed E-state index contributed by atoms with van der Waals surface area (Å²) in [6.45, 7) is 8.99. The SMILES string of the molecule is CCCNC(=O)C1CCN(CCCCCNC(=O)CCN2CCC(OC(=O)Nc3ccccc3-c3ccccc3)CC2)CC1. The predicted molar refractivity (Wildman–Crippen MR) is 175 cm³/mol. The van der Waals surface area contributed by atoms with Crippen LogP contribution in [-0.2, 0) is 14.3 Å². The van der Waals surface area contributed by atoms with Crippen molar-refractivity contribution >= 4 is 23.6 Å². The summed E-state index contributed by atoms with van der Waals surface area (Å²) < 4.78 is 5.74. The summed E-state index contributed by atoms with van der Waals surface area (Å²) >= 11 is 0. The first-order valence-corrected chi connectivity index (χ1v) is 16.6. The molecule has 0 saturated carbocycles. The molecule has 0 atom stereocenters. The topological polar surface area (TPSA) is 103 Å². The van der Waals surface area contributed by atoms with Crippen molar-refractivity contribution in [3.05, 3.63) is 54.6 Å². The van der Waals surface area contributed by atoms with Gasteiger partial charge in [-0.25, -0.2) is 4.79 Å². The van der Waals surface area contributed by atoms with Crippen LogP contribution in [0, 0.1) is 5.92 Å². The van der Waals surface area contributed by atoms with E-state index in [9.17, 15) is 14.4 Å². The van der Waals surface area contributed by atoms with Gasteiger partial charge >= 0.3 is 6.09 Å². The molecule has 2 aliphatic rings. The van der Waals surface area contributed by atoms with Crippen LogP contribution in [0.1, 0.15) is 64.7 Å². The largest absolute Gasteiger partial charge is 0.446 e. The van der Waals surface area contributed by atoms with Crippen molar-refractivity contribution in [2.45, 2.75) is 70.8 Å². The molecule has 9 nitrogen and oxygen atoms in total. The number of carbonyl (C=O) groups is 3. The van der Waals surface area contributed by atoms with Gasteiger partial charge in [0.1, 0.15) is 6.10 Å². The number of rotatable bonds is 15. The molecule has 44 heavy (non-hydrogen) atoms. The lowest BCUT2D eigenvalue weighted by Gasteiger charge is -2.31. The van der Waals surface area contributed by atoms with E-state index in [1.54, 1.807) is 0 Å². The smallest absolute Gasteiger partial charge is 0.411 e. The number of para-hydroxylation sites is 1. The minimum absolute atomic E-state index is 0.100. The third kappa shape index (κ3) is 11.2. The third-order valence-corrected chi connectivity index (χ3v) is 8.69. The lowest BCUT2D eigenvalue weighted by Crippen LogP contribution is -2.41. The van der Waals surface area contributed by atoms with Crippen molar-refractivity contribution in [3.8, 4) is 11.1 Å². The highest BCUT2D eigenvalue weighted by Gasteiger charge is 2.25. The fourth-order valence-electron chi connectivity index (χ4n) is 6.03. The van der Waals surface area contributed by atoms with Crippen molar-refractivity contribution in [1.29, 1.82) is 0 Å². The van der Waals surface area contributed by atoms with Gasteiger partial charge in [-0.05, 0) is 76.2 Å². The second-order valence-electron chi connectivity index (χ2n) is 12.1. The molecule has 9 heteroatoms. The summed E-state index contributed by atoms with van der Waals surface area (Å²) in [5, 5.41) is 9.02. The Morgan fingerprint density at radius 1 is 0.773 bits per heavy atom. The predicted octanol–water partition coefficient (Wildman–Crippen LogP) is 5.28. The van der Waals surface area contributed by atoms with E-state index in [0.29, 0.717) is 6.42 Å². The van der Waals surface area contributed by atoms with E-state index in [1.807, 2.05) is 54.6 Å². The molecule has 0 aliphatic carbocycles. The van der Waals surface area contributed by atoms with Crippen LogP contribution in [0.3, 0.4) is 0 Å². The first-order chi connectivity index (χ1) is 21.5. The Hall–Kier alpha value is -3.43. The number of benzene rings is 2. The average molecular weight is 606 g/mol. The Morgan fingerprint density at radius 3 is 2.20 bits per heavy atom. The van der Waals surface area contributed by atoms with E-state index in [0.717, 1.165) is 121 Å². The first-order valence-electron chi connectivity index (χ1n) is 16.6. The molecular formula is C35H51N5O4. The number of amides is 3. The van der Waals surface area contributed by atoms with Crippen LogP contribution in [0.2, 0.25) is 0 Å². The normalized spacial score (nSPS) is 16.8. The van der Waals surface area contributed by atoms with Gasteiger partial charge < -0.3 is 25.2 Å². The zero-order chi connectivity index (χ0) is 31.0. The van der Waals surface area contributed by atoms with Crippen molar-refractivity contribution in [2.75, 3.05) is 57.7 Å². The second kappa shape index (κ2) is 18.4. The molecule has 0 unspecified atom stereocenters. The van der Waals surface area contributed by atoms with Crippen LogP contribution in [0.15, 0.2) is 54.6 Å². The van der Waals surface area contributed by atoms with Crippen molar-refractivity contribution in [3.63, 3.8) is 0 Å². The molecule has 0 radical (unpaired) electrons. The molecule has 0 spiro atoms. The van der Waals surface area contributed by atoms with Gasteiger partial charge in [-0.1, -0.05) is 61.9 Å². The first kappa shape index (κ1) is 33.5. The molecular weight excluding hydrogens is 554 g/mol. The maximum atomic E-state index is 12.7. The fraction of sp³-hybridized carbons (Fsp3) is 0.571. The summed E-state index contributed by atoms with van der Waals surface area (Å²) in [7, 11) is 0. The highest BCUT2D eigenvalue weighted by molar-refractivity contribution is 5.91. The maximum Gasteiger partial charge on any atom is 0.411 e. The number of anilines is 1. The highest BCUT2D eigenvalue weighted by atomic mass is 16.6. The summed E-state index contributed by atoms with van der Waals surface area (Å²) in [5.41, 5.74) is 2.73. The summed E-state index contributed by atoms with van der Waals surface area (Å²) in [6.07, 6.45) is 7.56. The zero-order valence-corrected chi connectivity index (χ0v) is 26.4. The van der Waals surface area contributed by atoms with Crippen LogP contribution in [-0.4, -0.2) is 86.2 Å². The molecule has 2 aromatic carbocycles. The number of ether oxygens (including phenoxy) is 1. The Balaban J connectivity index is 1.01. The minimum atomic E-state index is -0.428. The standard InChI is InChI=1S/C35H51N5O4/c1-2-20-37-34(42)29-15-23-39(24-16-29)22-10-4-9-21-36-33(41)19-27-40-25-17-30(18-26-40)44-35(43)38-32-14-8-7-13-31(32)28-11-5-3-6-12-28/h3,5-8,11-14,29-30H,2,4,9-10,15-27H2,1H3,(H,36,41)(H,37,42)(H,38,43). The molecule has 3 amide bonds. The van der Waals surface area contributed by atoms with Gasteiger partial charge in [0.05, 0.1) is 5.69 Å². The fourth-order valence-corrected chi connectivity index (χ4v) is 6.03. The molecule has 240 valence electrons. The van der Waals surface area contributed by atoms with E-state index in [-0.39, 0.29) is 23.8 Å². The van der Waals surface area contributed by atoms with Crippen molar-refractivity contribution in [2.24, 2.45) is 5.92 Å². The molecule has 0 bridgehead atoms. The van der Waals surface area contributed by atoms with Crippen LogP contribution in [0.5, 0.6) is 0 Å². The number of unbranched alkanes of at least 4 members (excludes halogenated alkanes) is 2. The van der Waals surface area contributed by atoms with E-state index in [2.05, 4.69) is 32.7 Å². The minimum Gasteiger partial charge on any atom is -0.446 e. The Morgan fingerprint density at radius 2 is 1.45 bits per heavy atom. The highest BCUT2D eigenvalue weighted by Crippen LogP contribution is 2.28. The molecule has 4 rings (SSSR count). The summed E-state index contributed by atoms with van der Waals surface area (Å²) in [6, 6.07) is 17.7. The van der Waals surface area contributed by atoms with E-state index >= 15 is 0 Å².